The number of carbonyl (C=O) groups is 1. The van der Waals surface area contributed by atoms with Gasteiger partial charge in [0, 0.05) is 17.2 Å². The molecule has 1 aromatic carbocycles. The summed E-state index contributed by atoms with van der Waals surface area (Å²) in [6.07, 6.45) is 4.08. The van der Waals surface area contributed by atoms with Gasteiger partial charge in [-0.1, -0.05) is 12.1 Å². The van der Waals surface area contributed by atoms with Crippen molar-refractivity contribution >= 4 is 16.7 Å². The first-order valence-corrected chi connectivity index (χ1v) is 4.67. The predicted octanol–water partition coefficient (Wildman–Crippen LogP) is 1.65. The molecule has 0 aliphatic heterocycles. The molecule has 0 bridgehead atoms. The molecular formula is C11H10N2O2. The number of benzene rings is 1. The topological polar surface area (TPSA) is 63.1 Å². The molecule has 0 spiro atoms. The zero-order valence-electron chi connectivity index (χ0n) is 8.05. The van der Waals surface area contributed by atoms with E-state index in [9.17, 15) is 4.79 Å². The highest BCUT2D eigenvalue weighted by Crippen LogP contribution is 2.14. The monoisotopic (exact) mass is 202 g/mol. The van der Waals surface area contributed by atoms with Crippen LogP contribution in [-0.4, -0.2) is 21.3 Å². The largest absolute Gasteiger partial charge is 0.481 e. The van der Waals surface area contributed by atoms with Crippen LogP contribution in [0, 0.1) is 0 Å². The molecule has 0 aliphatic carbocycles. The normalized spacial score (nSPS) is 10.4. The number of carboxylic acid groups (broad SMARTS) is 1. The molecule has 0 atom stereocenters. The van der Waals surface area contributed by atoms with E-state index in [2.05, 4.69) is 10.2 Å². The third-order valence-electron chi connectivity index (χ3n) is 2.24. The average Bonchev–Trinajstić information content (AvgIpc) is 2.26. The van der Waals surface area contributed by atoms with Crippen LogP contribution < -0.4 is 0 Å². The van der Waals surface area contributed by atoms with Gasteiger partial charge in [-0.15, -0.1) is 0 Å². The Morgan fingerprint density at radius 1 is 1.20 bits per heavy atom. The van der Waals surface area contributed by atoms with E-state index < -0.39 is 5.97 Å². The van der Waals surface area contributed by atoms with Crippen LogP contribution >= 0.6 is 0 Å². The standard InChI is InChI=1S/C11H10N2O2/c14-11(15)4-2-8-1-3-9-6-12-13-7-10(9)5-8/h1,3,5-7H,2,4H2,(H,14,15). The molecule has 0 unspecified atom stereocenters. The van der Waals surface area contributed by atoms with E-state index in [0.29, 0.717) is 6.42 Å². The minimum atomic E-state index is -0.775. The molecular weight excluding hydrogens is 192 g/mol. The molecule has 0 saturated heterocycles. The van der Waals surface area contributed by atoms with Crippen molar-refractivity contribution in [3.05, 3.63) is 36.2 Å². The van der Waals surface area contributed by atoms with E-state index >= 15 is 0 Å². The van der Waals surface area contributed by atoms with E-state index in [1.165, 1.54) is 0 Å². The number of carboxylic acids is 1. The van der Waals surface area contributed by atoms with Crippen LogP contribution in [0.2, 0.25) is 0 Å². The van der Waals surface area contributed by atoms with Gasteiger partial charge >= 0.3 is 5.97 Å². The van der Waals surface area contributed by atoms with E-state index in [1.54, 1.807) is 12.4 Å². The molecule has 76 valence electrons. The van der Waals surface area contributed by atoms with Crippen LogP contribution in [0.15, 0.2) is 30.6 Å². The Kier molecular flexibility index (Phi) is 2.58. The summed E-state index contributed by atoms with van der Waals surface area (Å²) in [5.74, 6) is -0.775. The summed E-state index contributed by atoms with van der Waals surface area (Å²) in [5, 5.41) is 18.1. The van der Waals surface area contributed by atoms with Gasteiger partial charge in [0.15, 0.2) is 0 Å². The summed E-state index contributed by atoms with van der Waals surface area (Å²) in [7, 11) is 0. The van der Waals surface area contributed by atoms with Gasteiger partial charge in [0.1, 0.15) is 0 Å². The maximum atomic E-state index is 10.4. The summed E-state index contributed by atoms with van der Waals surface area (Å²) in [5.41, 5.74) is 1.01. The first-order valence-electron chi connectivity index (χ1n) is 4.67. The zero-order valence-corrected chi connectivity index (χ0v) is 8.05. The third-order valence-corrected chi connectivity index (χ3v) is 2.24. The summed E-state index contributed by atoms with van der Waals surface area (Å²) in [4.78, 5) is 10.4. The number of aliphatic carboxylic acids is 1. The van der Waals surface area contributed by atoms with Crippen LogP contribution in [0.3, 0.4) is 0 Å². The predicted molar refractivity (Wildman–Crippen MR) is 55.5 cm³/mol. The van der Waals surface area contributed by atoms with Crippen molar-refractivity contribution in [3.63, 3.8) is 0 Å². The molecule has 1 aromatic heterocycles. The van der Waals surface area contributed by atoms with Crippen molar-refractivity contribution in [2.24, 2.45) is 0 Å². The molecule has 1 N–H and O–H groups in total. The number of nitrogens with zero attached hydrogens (tertiary/aromatic N) is 2. The first kappa shape index (κ1) is 9.58. The Morgan fingerprint density at radius 3 is 2.67 bits per heavy atom. The lowest BCUT2D eigenvalue weighted by Crippen LogP contribution is -1.97. The second kappa shape index (κ2) is 4.04. The first-order chi connectivity index (χ1) is 7.25. The summed E-state index contributed by atoms with van der Waals surface area (Å²) in [6, 6.07) is 5.81. The molecule has 0 radical (unpaired) electrons. The molecule has 0 aliphatic rings. The zero-order chi connectivity index (χ0) is 10.7. The second-order valence-electron chi connectivity index (χ2n) is 3.35. The summed E-state index contributed by atoms with van der Waals surface area (Å²) in [6.45, 7) is 0. The quantitative estimate of drug-likeness (QED) is 0.821. The molecule has 2 rings (SSSR count). The van der Waals surface area contributed by atoms with Gasteiger partial charge in [0.2, 0.25) is 0 Å². The van der Waals surface area contributed by atoms with Gasteiger partial charge in [-0.2, -0.15) is 10.2 Å². The van der Waals surface area contributed by atoms with Crippen molar-refractivity contribution in [1.82, 2.24) is 10.2 Å². The summed E-state index contributed by atoms with van der Waals surface area (Å²) >= 11 is 0. The maximum Gasteiger partial charge on any atom is 0.303 e. The third kappa shape index (κ3) is 2.28. The minimum Gasteiger partial charge on any atom is -0.481 e. The van der Waals surface area contributed by atoms with E-state index in [4.69, 9.17) is 5.11 Å². The fourth-order valence-electron chi connectivity index (χ4n) is 1.45. The number of hydrogen-bond donors (Lipinski definition) is 1. The molecule has 15 heavy (non-hydrogen) atoms. The number of hydrogen-bond acceptors (Lipinski definition) is 3. The average molecular weight is 202 g/mol. The molecule has 4 heteroatoms. The lowest BCUT2D eigenvalue weighted by Gasteiger charge is -2.00. The van der Waals surface area contributed by atoms with Gasteiger partial charge in [-0.25, -0.2) is 0 Å². The number of rotatable bonds is 3. The highest BCUT2D eigenvalue weighted by atomic mass is 16.4. The highest BCUT2D eigenvalue weighted by molar-refractivity contribution is 5.81. The number of aryl methyl sites for hydroxylation is 1. The molecule has 1 heterocycles. The highest BCUT2D eigenvalue weighted by Gasteiger charge is 2.00. The van der Waals surface area contributed by atoms with Crippen molar-refractivity contribution < 1.29 is 9.90 Å². The SMILES string of the molecule is O=C(O)CCc1ccc2cnncc2c1. The Balaban J connectivity index is 2.26. The van der Waals surface area contributed by atoms with Crippen molar-refractivity contribution in [2.45, 2.75) is 12.8 Å². The smallest absolute Gasteiger partial charge is 0.303 e. The van der Waals surface area contributed by atoms with Crippen molar-refractivity contribution in [1.29, 1.82) is 0 Å². The van der Waals surface area contributed by atoms with Gasteiger partial charge in [0.05, 0.1) is 12.4 Å². The minimum absolute atomic E-state index is 0.157. The Hall–Kier alpha value is -1.97. The molecule has 0 saturated carbocycles. The Morgan fingerprint density at radius 2 is 1.93 bits per heavy atom. The summed E-state index contributed by atoms with van der Waals surface area (Å²) < 4.78 is 0. The van der Waals surface area contributed by atoms with Crippen LogP contribution in [0.1, 0.15) is 12.0 Å². The van der Waals surface area contributed by atoms with Gasteiger partial charge in [-0.05, 0) is 18.1 Å². The molecule has 4 nitrogen and oxygen atoms in total. The van der Waals surface area contributed by atoms with Crippen LogP contribution in [-0.2, 0) is 11.2 Å². The molecule has 2 aromatic rings. The van der Waals surface area contributed by atoms with Gasteiger partial charge < -0.3 is 5.11 Å². The number of fused-ring (bicyclic) bond motifs is 1. The van der Waals surface area contributed by atoms with E-state index in [-0.39, 0.29) is 6.42 Å². The lowest BCUT2D eigenvalue weighted by atomic mass is 10.1. The number of aromatic nitrogens is 2. The van der Waals surface area contributed by atoms with Crippen LogP contribution in [0.4, 0.5) is 0 Å². The maximum absolute atomic E-state index is 10.4. The van der Waals surface area contributed by atoms with E-state index in [0.717, 1.165) is 16.3 Å². The fraction of sp³-hybridized carbons (Fsp3) is 0.182. The van der Waals surface area contributed by atoms with Crippen LogP contribution in [0.25, 0.3) is 10.8 Å². The Bertz CT molecular complexity index is 497. The van der Waals surface area contributed by atoms with Crippen LogP contribution in [0.5, 0.6) is 0 Å². The Labute approximate surface area is 86.6 Å². The molecule has 0 amide bonds. The molecule has 0 fully saturated rings. The lowest BCUT2D eigenvalue weighted by molar-refractivity contribution is -0.136. The second-order valence-corrected chi connectivity index (χ2v) is 3.35. The van der Waals surface area contributed by atoms with Crippen molar-refractivity contribution in [3.8, 4) is 0 Å². The fourth-order valence-corrected chi connectivity index (χ4v) is 1.45. The van der Waals surface area contributed by atoms with Gasteiger partial charge in [0.25, 0.3) is 0 Å². The van der Waals surface area contributed by atoms with E-state index in [1.807, 2.05) is 18.2 Å². The van der Waals surface area contributed by atoms with Gasteiger partial charge in [-0.3, -0.25) is 4.79 Å². The van der Waals surface area contributed by atoms with Crippen molar-refractivity contribution in [2.75, 3.05) is 0 Å².